The smallest absolute Gasteiger partial charge is 0.416 e. The molecule has 0 radical (unpaired) electrons. The molecule has 0 spiro atoms. The number of ether oxygens (including phenoxy) is 1. The first-order chi connectivity index (χ1) is 9.95. The lowest BCUT2D eigenvalue weighted by Gasteiger charge is -2.15. The number of nitrogens with two attached hydrogens (primary N) is 1. The Balaban J connectivity index is 1.86. The molecule has 5 heteroatoms. The Morgan fingerprint density at radius 3 is 2.33 bits per heavy atom. The van der Waals surface area contributed by atoms with Crippen molar-refractivity contribution in [2.24, 2.45) is 5.73 Å². The van der Waals surface area contributed by atoms with Gasteiger partial charge in [-0.05, 0) is 34.9 Å². The minimum Gasteiger partial charge on any atom is -0.493 e. The Kier molecular flexibility index (Phi) is 3.37. The van der Waals surface area contributed by atoms with Crippen LogP contribution in [-0.4, -0.2) is 6.61 Å². The molecule has 2 N–H and O–H groups in total. The van der Waals surface area contributed by atoms with Crippen molar-refractivity contribution < 1.29 is 17.9 Å². The second-order valence-corrected chi connectivity index (χ2v) is 5.06. The van der Waals surface area contributed by atoms with Gasteiger partial charge in [0.05, 0.1) is 18.2 Å². The summed E-state index contributed by atoms with van der Waals surface area (Å²) < 4.78 is 43.1. The molecule has 0 fully saturated rings. The van der Waals surface area contributed by atoms with E-state index in [1.807, 2.05) is 18.2 Å². The standard InChI is InChI=1S/C16H14F3NO/c17-16(18,19)13-4-1-10(2-5-13)15(20)12-3-6-14-11(9-12)7-8-21-14/h1-6,9,15H,7-8,20H2. The molecule has 1 atom stereocenters. The molecular weight excluding hydrogens is 279 g/mol. The van der Waals surface area contributed by atoms with Crippen LogP contribution in [0.2, 0.25) is 0 Å². The molecule has 1 heterocycles. The van der Waals surface area contributed by atoms with E-state index in [2.05, 4.69) is 0 Å². The third-order valence-electron chi connectivity index (χ3n) is 3.67. The van der Waals surface area contributed by atoms with Crippen LogP contribution in [0.25, 0.3) is 0 Å². The maximum absolute atomic E-state index is 12.5. The van der Waals surface area contributed by atoms with Gasteiger partial charge in [-0.25, -0.2) is 0 Å². The van der Waals surface area contributed by atoms with Crippen molar-refractivity contribution in [1.82, 2.24) is 0 Å². The van der Waals surface area contributed by atoms with Crippen molar-refractivity contribution in [2.75, 3.05) is 6.61 Å². The van der Waals surface area contributed by atoms with E-state index in [1.165, 1.54) is 12.1 Å². The van der Waals surface area contributed by atoms with Crippen LogP contribution < -0.4 is 10.5 Å². The number of hydrogen-bond acceptors (Lipinski definition) is 2. The number of benzene rings is 2. The first-order valence-corrected chi connectivity index (χ1v) is 6.63. The molecule has 3 rings (SSSR count). The summed E-state index contributed by atoms with van der Waals surface area (Å²) in [6.07, 6.45) is -3.49. The van der Waals surface area contributed by atoms with Crippen LogP contribution in [-0.2, 0) is 12.6 Å². The molecule has 21 heavy (non-hydrogen) atoms. The highest BCUT2D eigenvalue weighted by molar-refractivity contribution is 5.43. The van der Waals surface area contributed by atoms with Gasteiger partial charge in [0.25, 0.3) is 0 Å². The molecule has 0 bridgehead atoms. The molecule has 2 nitrogen and oxygen atoms in total. The maximum atomic E-state index is 12.5. The molecule has 0 saturated carbocycles. The van der Waals surface area contributed by atoms with Gasteiger partial charge in [-0.3, -0.25) is 0 Å². The van der Waals surface area contributed by atoms with Gasteiger partial charge in [-0.1, -0.05) is 24.3 Å². The van der Waals surface area contributed by atoms with Crippen molar-refractivity contribution in [3.05, 3.63) is 64.7 Å². The summed E-state index contributed by atoms with van der Waals surface area (Å²) in [5.74, 6) is 0.860. The molecule has 0 saturated heterocycles. The lowest BCUT2D eigenvalue weighted by Crippen LogP contribution is -2.13. The Morgan fingerprint density at radius 1 is 1.00 bits per heavy atom. The number of rotatable bonds is 2. The maximum Gasteiger partial charge on any atom is 0.416 e. The zero-order chi connectivity index (χ0) is 15.0. The Labute approximate surface area is 120 Å². The van der Waals surface area contributed by atoms with Gasteiger partial charge in [0.2, 0.25) is 0 Å². The van der Waals surface area contributed by atoms with Crippen molar-refractivity contribution in [1.29, 1.82) is 0 Å². The summed E-state index contributed by atoms with van der Waals surface area (Å²) in [6, 6.07) is 10.2. The predicted molar refractivity (Wildman–Crippen MR) is 73.1 cm³/mol. The average Bonchev–Trinajstić information content (AvgIpc) is 2.93. The zero-order valence-corrected chi connectivity index (χ0v) is 11.2. The summed E-state index contributed by atoms with van der Waals surface area (Å²) >= 11 is 0. The molecule has 1 aliphatic rings. The van der Waals surface area contributed by atoms with Crippen LogP contribution in [0.5, 0.6) is 5.75 Å². The summed E-state index contributed by atoms with van der Waals surface area (Å²) in [4.78, 5) is 0. The summed E-state index contributed by atoms with van der Waals surface area (Å²) in [6.45, 7) is 0.661. The summed E-state index contributed by atoms with van der Waals surface area (Å²) in [5.41, 5.74) is 8.10. The van der Waals surface area contributed by atoms with Crippen molar-refractivity contribution in [3.8, 4) is 5.75 Å². The van der Waals surface area contributed by atoms with Crippen LogP contribution in [0, 0.1) is 0 Å². The van der Waals surface area contributed by atoms with E-state index in [-0.39, 0.29) is 0 Å². The van der Waals surface area contributed by atoms with Gasteiger partial charge in [0, 0.05) is 6.42 Å². The van der Waals surface area contributed by atoms with E-state index in [9.17, 15) is 13.2 Å². The number of halogens is 3. The van der Waals surface area contributed by atoms with Gasteiger partial charge in [-0.15, -0.1) is 0 Å². The molecule has 0 aromatic heterocycles. The van der Waals surface area contributed by atoms with Crippen LogP contribution in [0.4, 0.5) is 13.2 Å². The van der Waals surface area contributed by atoms with Crippen molar-refractivity contribution >= 4 is 0 Å². The van der Waals surface area contributed by atoms with Crippen LogP contribution in [0.3, 0.4) is 0 Å². The van der Waals surface area contributed by atoms with Crippen LogP contribution in [0.1, 0.15) is 28.3 Å². The van der Waals surface area contributed by atoms with Crippen LogP contribution in [0.15, 0.2) is 42.5 Å². The normalized spacial score (nSPS) is 15.4. The third-order valence-corrected chi connectivity index (χ3v) is 3.67. The van der Waals surface area contributed by atoms with E-state index >= 15 is 0 Å². The predicted octanol–water partition coefficient (Wildman–Crippen LogP) is 3.69. The van der Waals surface area contributed by atoms with Gasteiger partial charge in [0.15, 0.2) is 0 Å². The minimum atomic E-state index is -4.33. The van der Waals surface area contributed by atoms with Gasteiger partial charge in [0.1, 0.15) is 5.75 Å². The first kappa shape index (κ1) is 13.9. The minimum absolute atomic E-state index is 0.446. The zero-order valence-electron chi connectivity index (χ0n) is 11.2. The highest BCUT2D eigenvalue weighted by atomic mass is 19.4. The Hall–Kier alpha value is -2.01. The first-order valence-electron chi connectivity index (χ1n) is 6.63. The summed E-state index contributed by atoms with van der Waals surface area (Å²) in [7, 11) is 0. The number of hydrogen-bond donors (Lipinski definition) is 1. The number of fused-ring (bicyclic) bond motifs is 1. The monoisotopic (exact) mass is 293 g/mol. The number of alkyl halides is 3. The third kappa shape index (κ3) is 2.74. The highest BCUT2D eigenvalue weighted by Gasteiger charge is 2.30. The molecule has 0 amide bonds. The lowest BCUT2D eigenvalue weighted by molar-refractivity contribution is -0.137. The van der Waals surface area contributed by atoms with E-state index in [0.29, 0.717) is 12.2 Å². The highest BCUT2D eigenvalue weighted by Crippen LogP contribution is 2.32. The fourth-order valence-electron chi connectivity index (χ4n) is 2.47. The van der Waals surface area contributed by atoms with E-state index < -0.39 is 17.8 Å². The van der Waals surface area contributed by atoms with Gasteiger partial charge < -0.3 is 10.5 Å². The quantitative estimate of drug-likeness (QED) is 0.916. The molecule has 2 aromatic carbocycles. The molecule has 1 unspecified atom stereocenters. The lowest BCUT2D eigenvalue weighted by atomic mass is 9.96. The van der Waals surface area contributed by atoms with E-state index in [1.54, 1.807) is 0 Å². The molecule has 2 aromatic rings. The fraction of sp³-hybridized carbons (Fsp3) is 0.250. The van der Waals surface area contributed by atoms with Crippen molar-refractivity contribution in [3.63, 3.8) is 0 Å². The largest absolute Gasteiger partial charge is 0.493 e. The Bertz CT molecular complexity index is 650. The average molecular weight is 293 g/mol. The van der Waals surface area contributed by atoms with Gasteiger partial charge >= 0.3 is 6.18 Å². The Morgan fingerprint density at radius 2 is 1.67 bits per heavy atom. The SMILES string of the molecule is NC(c1ccc(C(F)(F)F)cc1)c1ccc2c(c1)CCO2. The van der Waals surface area contributed by atoms with E-state index in [0.717, 1.165) is 35.4 Å². The topological polar surface area (TPSA) is 35.2 Å². The van der Waals surface area contributed by atoms with Gasteiger partial charge in [-0.2, -0.15) is 13.2 Å². The molecular formula is C16H14F3NO. The molecule has 110 valence electrons. The fourth-order valence-corrected chi connectivity index (χ4v) is 2.47. The van der Waals surface area contributed by atoms with Crippen molar-refractivity contribution in [2.45, 2.75) is 18.6 Å². The molecule has 0 aliphatic carbocycles. The second kappa shape index (κ2) is 5.07. The second-order valence-electron chi connectivity index (χ2n) is 5.06. The molecule has 1 aliphatic heterocycles. The van der Waals surface area contributed by atoms with E-state index in [4.69, 9.17) is 10.5 Å². The van der Waals surface area contributed by atoms with Crippen LogP contribution >= 0.6 is 0 Å². The summed E-state index contributed by atoms with van der Waals surface area (Å²) in [5, 5.41) is 0.